The van der Waals surface area contributed by atoms with Gasteiger partial charge in [0.25, 0.3) is 0 Å². The van der Waals surface area contributed by atoms with E-state index in [2.05, 4.69) is 25.8 Å². The standard InChI is InChI=1S/C17H19N5O2S/c1-23-12-3-4-15-14(9-12)20-17(25-15)22-7-5-21(6-8-22)16-18-10-13(24-2)11-19-16/h3-4,9-11H,5-8H2,1-2H3. The van der Waals surface area contributed by atoms with Crippen molar-refractivity contribution in [3.05, 3.63) is 30.6 Å². The fraction of sp³-hybridized carbons (Fsp3) is 0.353. The Morgan fingerprint density at radius 2 is 1.60 bits per heavy atom. The second kappa shape index (κ2) is 6.72. The molecule has 0 atom stereocenters. The summed E-state index contributed by atoms with van der Waals surface area (Å²) in [5.41, 5.74) is 0.986. The lowest BCUT2D eigenvalue weighted by atomic mass is 10.3. The average Bonchev–Trinajstić information content (AvgIpc) is 3.11. The Balaban J connectivity index is 1.45. The summed E-state index contributed by atoms with van der Waals surface area (Å²) < 4.78 is 11.6. The first-order valence-electron chi connectivity index (χ1n) is 8.07. The van der Waals surface area contributed by atoms with Crippen molar-refractivity contribution >= 4 is 32.6 Å². The summed E-state index contributed by atoms with van der Waals surface area (Å²) in [6, 6.07) is 6.02. The van der Waals surface area contributed by atoms with E-state index in [1.807, 2.05) is 12.1 Å². The highest BCUT2D eigenvalue weighted by molar-refractivity contribution is 7.22. The van der Waals surface area contributed by atoms with Gasteiger partial charge in [-0.2, -0.15) is 0 Å². The highest BCUT2D eigenvalue weighted by Crippen LogP contribution is 2.31. The van der Waals surface area contributed by atoms with Gasteiger partial charge in [0.15, 0.2) is 10.9 Å². The van der Waals surface area contributed by atoms with Gasteiger partial charge >= 0.3 is 0 Å². The summed E-state index contributed by atoms with van der Waals surface area (Å²) >= 11 is 1.72. The normalized spacial score (nSPS) is 14.8. The van der Waals surface area contributed by atoms with E-state index in [4.69, 9.17) is 14.5 Å². The topological polar surface area (TPSA) is 63.6 Å². The maximum atomic E-state index is 5.28. The van der Waals surface area contributed by atoms with Crippen LogP contribution in [0.3, 0.4) is 0 Å². The third-order valence-corrected chi connectivity index (χ3v) is 5.36. The van der Waals surface area contributed by atoms with Crippen LogP contribution in [0.5, 0.6) is 11.5 Å². The van der Waals surface area contributed by atoms with Crippen LogP contribution in [0.2, 0.25) is 0 Å². The summed E-state index contributed by atoms with van der Waals surface area (Å²) in [5.74, 6) is 2.26. The summed E-state index contributed by atoms with van der Waals surface area (Å²) in [6.45, 7) is 3.52. The summed E-state index contributed by atoms with van der Waals surface area (Å²) in [6.07, 6.45) is 3.41. The molecule has 1 aliphatic rings. The minimum absolute atomic E-state index is 0.673. The van der Waals surface area contributed by atoms with E-state index in [1.165, 1.54) is 4.70 Å². The number of anilines is 2. The molecular formula is C17H19N5O2S. The van der Waals surface area contributed by atoms with Crippen molar-refractivity contribution in [1.82, 2.24) is 15.0 Å². The largest absolute Gasteiger partial charge is 0.497 e. The molecule has 130 valence electrons. The van der Waals surface area contributed by atoms with Crippen molar-refractivity contribution in [2.45, 2.75) is 0 Å². The van der Waals surface area contributed by atoms with Crippen molar-refractivity contribution in [1.29, 1.82) is 0 Å². The number of fused-ring (bicyclic) bond motifs is 1. The molecule has 1 aliphatic heterocycles. The van der Waals surface area contributed by atoms with Crippen LogP contribution in [0, 0.1) is 0 Å². The third-order valence-electron chi connectivity index (χ3n) is 4.27. The second-order valence-corrected chi connectivity index (χ2v) is 6.74. The maximum Gasteiger partial charge on any atom is 0.225 e. The van der Waals surface area contributed by atoms with Crippen LogP contribution in [0.4, 0.5) is 11.1 Å². The zero-order valence-corrected chi connectivity index (χ0v) is 15.0. The Morgan fingerprint density at radius 3 is 2.28 bits per heavy atom. The minimum atomic E-state index is 0.673. The summed E-state index contributed by atoms with van der Waals surface area (Å²) in [5, 5.41) is 1.05. The molecule has 25 heavy (non-hydrogen) atoms. The van der Waals surface area contributed by atoms with Crippen molar-refractivity contribution in [2.24, 2.45) is 0 Å². The van der Waals surface area contributed by atoms with Gasteiger partial charge in [-0.25, -0.2) is 15.0 Å². The van der Waals surface area contributed by atoms with E-state index >= 15 is 0 Å². The van der Waals surface area contributed by atoms with Crippen LogP contribution in [-0.2, 0) is 0 Å². The molecule has 1 aromatic carbocycles. The van der Waals surface area contributed by atoms with E-state index < -0.39 is 0 Å². The smallest absolute Gasteiger partial charge is 0.225 e. The number of ether oxygens (including phenoxy) is 2. The molecule has 0 bridgehead atoms. The number of benzene rings is 1. The molecule has 0 aliphatic carbocycles. The molecular weight excluding hydrogens is 338 g/mol. The second-order valence-electron chi connectivity index (χ2n) is 5.73. The van der Waals surface area contributed by atoms with Gasteiger partial charge in [-0.05, 0) is 12.1 Å². The third kappa shape index (κ3) is 3.17. The van der Waals surface area contributed by atoms with E-state index in [0.717, 1.165) is 48.5 Å². The zero-order chi connectivity index (χ0) is 17.2. The molecule has 7 nitrogen and oxygen atoms in total. The van der Waals surface area contributed by atoms with Gasteiger partial charge in [-0.3, -0.25) is 0 Å². The molecule has 0 unspecified atom stereocenters. The van der Waals surface area contributed by atoms with Crippen LogP contribution in [0.15, 0.2) is 30.6 Å². The van der Waals surface area contributed by atoms with E-state index in [1.54, 1.807) is 38.0 Å². The number of rotatable bonds is 4. The van der Waals surface area contributed by atoms with Gasteiger partial charge in [0.2, 0.25) is 5.95 Å². The number of thiazole rings is 1. The number of aromatic nitrogens is 3. The molecule has 0 spiro atoms. The average molecular weight is 357 g/mol. The molecule has 1 saturated heterocycles. The van der Waals surface area contributed by atoms with Gasteiger partial charge < -0.3 is 19.3 Å². The Labute approximate surface area is 149 Å². The minimum Gasteiger partial charge on any atom is -0.497 e. The molecule has 4 rings (SSSR count). The van der Waals surface area contributed by atoms with Crippen LogP contribution < -0.4 is 19.3 Å². The van der Waals surface area contributed by atoms with Gasteiger partial charge in [0.1, 0.15) is 5.75 Å². The lowest BCUT2D eigenvalue weighted by Gasteiger charge is -2.34. The fourth-order valence-electron chi connectivity index (χ4n) is 2.83. The van der Waals surface area contributed by atoms with Crippen molar-refractivity contribution in [2.75, 3.05) is 50.2 Å². The molecule has 0 amide bonds. The van der Waals surface area contributed by atoms with Crippen molar-refractivity contribution in [3.8, 4) is 11.5 Å². The molecule has 0 radical (unpaired) electrons. The van der Waals surface area contributed by atoms with E-state index in [9.17, 15) is 0 Å². The molecule has 8 heteroatoms. The molecule has 0 N–H and O–H groups in total. The zero-order valence-electron chi connectivity index (χ0n) is 14.2. The Morgan fingerprint density at radius 1 is 0.920 bits per heavy atom. The maximum absolute atomic E-state index is 5.28. The SMILES string of the molecule is COc1cnc(N2CCN(c3nc4cc(OC)ccc4s3)CC2)nc1. The first-order chi connectivity index (χ1) is 12.3. The number of nitrogens with zero attached hydrogens (tertiary/aromatic N) is 5. The van der Waals surface area contributed by atoms with E-state index in [-0.39, 0.29) is 0 Å². The molecule has 3 aromatic rings. The molecule has 1 fully saturated rings. The lowest BCUT2D eigenvalue weighted by Crippen LogP contribution is -2.47. The predicted molar refractivity (Wildman–Crippen MR) is 99.2 cm³/mol. The van der Waals surface area contributed by atoms with Crippen LogP contribution in [0.1, 0.15) is 0 Å². The number of hydrogen-bond acceptors (Lipinski definition) is 8. The predicted octanol–water partition coefficient (Wildman–Crippen LogP) is 2.43. The quantitative estimate of drug-likeness (QED) is 0.710. The van der Waals surface area contributed by atoms with Crippen molar-refractivity contribution < 1.29 is 9.47 Å². The Bertz CT molecular complexity index is 859. The first kappa shape index (κ1) is 15.9. The fourth-order valence-corrected chi connectivity index (χ4v) is 3.83. The number of methoxy groups -OCH3 is 2. The van der Waals surface area contributed by atoms with Crippen LogP contribution >= 0.6 is 11.3 Å². The monoisotopic (exact) mass is 357 g/mol. The molecule has 2 aromatic heterocycles. The highest BCUT2D eigenvalue weighted by Gasteiger charge is 2.21. The molecule has 0 saturated carbocycles. The van der Waals surface area contributed by atoms with E-state index in [0.29, 0.717) is 5.75 Å². The number of hydrogen-bond donors (Lipinski definition) is 0. The van der Waals surface area contributed by atoms with Gasteiger partial charge in [0.05, 0.1) is 36.8 Å². The highest BCUT2D eigenvalue weighted by atomic mass is 32.1. The van der Waals surface area contributed by atoms with Gasteiger partial charge in [0, 0.05) is 32.2 Å². The van der Waals surface area contributed by atoms with Gasteiger partial charge in [-0.15, -0.1) is 0 Å². The summed E-state index contributed by atoms with van der Waals surface area (Å²) in [4.78, 5) is 18.0. The van der Waals surface area contributed by atoms with Gasteiger partial charge in [-0.1, -0.05) is 11.3 Å². The summed E-state index contributed by atoms with van der Waals surface area (Å²) in [7, 11) is 3.29. The van der Waals surface area contributed by atoms with Crippen molar-refractivity contribution in [3.63, 3.8) is 0 Å². The molecule has 3 heterocycles. The Kier molecular flexibility index (Phi) is 4.27. The Hall–Kier alpha value is -2.61. The first-order valence-corrected chi connectivity index (χ1v) is 8.89. The van der Waals surface area contributed by atoms with Crippen LogP contribution in [-0.4, -0.2) is 55.4 Å². The van der Waals surface area contributed by atoms with Crippen LogP contribution in [0.25, 0.3) is 10.2 Å². The number of piperazine rings is 1. The lowest BCUT2D eigenvalue weighted by molar-refractivity contribution is 0.410.